The monoisotopic (exact) mass is 509 g/mol. The van der Waals surface area contributed by atoms with E-state index in [1.54, 1.807) is 0 Å². The standard InChI is InChI=1S/C22H22F3N5O4S/c1-5-21(6-2)15-14(11-8-7-10(22(23,24)25)9-12(11)34-21)27-20(35-15)28-16(31)13-17(32-3)29-19(26)30-18(13)33-4/h7-9H,5-6H2,1-4H3,(H2,26,29,30)(H,27,28,31). The van der Waals surface area contributed by atoms with Crippen molar-refractivity contribution in [3.05, 3.63) is 34.2 Å². The first-order chi connectivity index (χ1) is 16.6. The molecule has 0 spiro atoms. The average Bonchev–Trinajstić information content (AvgIpc) is 3.26. The first kappa shape index (κ1) is 24.5. The SMILES string of the molecule is CCC1(CC)Oc2cc(C(F)(F)F)ccc2-c2nc(NC(=O)c3c(OC)nc(N)nc3OC)sc21. The number of nitrogens with one attached hydrogen (secondary N) is 1. The Morgan fingerprint density at radius 3 is 2.31 bits per heavy atom. The van der Waals surface area contributed by atoms with E-state index in [0.29, 0.717) is 29.0 Å². The first-order valence-corrected chi connectivity index (χ1v) is 11.4. The van der Waals surface area contributed by atoms with Crippen molar-refractivity contribution >= 4 is 28.3 Å². The smallest absolute Gasteiger partial charge is 0.416 e. The van der Waals surface area contributed by atoms with Crippen LogP contribution in [0.2, 0.25) is 0 Å². The third-order valence-electron chi connectivity index (χ3n) is 5.75. The molecular formula is C22H22F3N5O4S. The fourth-order valence-corrected chi connectivity index (χ4v) is 5.14. The Morgan fingerprint density at radius 2 is 1.77 bits per heavy atom. The van der Waals surface area contributed by atoms with E-state index in [0.717, 1.165) is 12.1 Å². The molecule has 1 amide bonds. The minimum absolute atomic E-state index is 0.0823. The van der Waals surface area contributed by atoms with Crippen molar-refractivity contribution in [1.82, 2.24) is 15.0 Å². The second-order valence-corrected chi connectivity index (χ2v) is 8.64. The van der Waals surface area contributed by atoms with Crippen LogP contribution >= 0.6 is 11.3 Å². The Balaban J connectivity index is 1.79. The molecule has 0 aliphatic carbocycles. The molecule has 0 saturated carbocycles. The van der Waals surface area contributed by atoms with Gasteiger partial charge in [0.1, 0.15) is 11.4 Å². The van der Waals surface area contributed by atoms with Crippen LogP contribution in [0.3, 0.4) is 0 Å². The number of aromatic nitrogens is 3. The Morgan fingerprint density at radius 1 is 1.14 bits per heavy atom. The highest BCUT2D eigenvalue weighted by Gasteiger charge is 2.43. The number of halogens is 3. The summed E-state index contributed by atoms with van der Waals surface area (Å²) in [5, 5.41) is 2.90. The maximum Gasteiger partial charge on any atom is 0.416 e. The molecule has 1 aliphatic heterocycles. The second-order valence-electron chi connectivity index (χ2n) is 7.64. The van der Waals surface area contributed by atoms with Crippen LogP contribution in [0.25, 0.3) is 11.3 Å². The van der Waals surface area contributed by atoms with Gasteiger partial charge in [0.05, 0.1) is 30.4 Å². The second kappa shape index (κ2) is 8.87. The number of hydrogen-bond donors (Lipinski definition) is 2. The Kier molecular flexibility index (Phi) is 6.21. The number of nitrogens with zero attached hydrogens (tertiary/aromatic N) is 3. The summed E-state index contributed by atoms with van der Waals surface area (Å²) in [6.07, 6.45) is -3.55. The fraction of sp³-hybridized carbons (Fsp3) is 0.364. The zero-order chi connectivity index (χ0) is 25.5. The molecule has 9 nitrogen and oxygen atoms in total. The van der Waals surface area contributed by atoms with Crippen molar-refractivity contribution in [2.24, 2.45) is 0 Å². The molecule has 0 atom stereocenters. The molecule has 3 N–H and O–H groups in total. The number of fused-ring (bicyclic) bond motifs is 3. The van der Waals surface area contributed by atoms with Gasteiger partial charge in [-0.1, -0.05) is 25.2 Å². The van der Waals surface area contributed by atoms with E-state index < -0.39 is 23.2 Å². The van der Waals surface area contributed by atoms with Crippen LogP contribution < -0.4 is 25.3 Å². The van der Waals surface area contributed by atoms with Crippen molar-refractivity contribution in [3.63, 3.8) is 0 Å². The lowest BCUT2D eigenvalue weighted by Crippen LogP contribution is -2.34. The molecule has 0 saturated heterocycles. The lowest BCUT2D eigenvalue weighted by atomic mass is 9.89. The minimum Gasteiger partial charge on any atom is -0.481 e. The van der Waals surface area contributed by atoms with Gasteiger partial charge in [-0.3, -0.25) is 10.1 Å². The normalized spacial score (nSPS) is 13.9. The Hall–Kier alpha value is -3.61. The average molecular weight is 510 g/mol. The van der Waals surface area contributed by atoms with Gasteiger partial charge in [0.25, 0.3) is 5.91 Å². The summed E-state index contributed by atoms with van der Waals surface area (Å²) in [5.41, 5.74) is 4.71. The van der Waals surface area contributed by atoms with E-state index in [1.165, 1.54) is 31.6 Å². The number of carbonyl (C=O) groups excluding carboxylic acids is 1. The predicted molar refractivity (Wildman–Crippen MR) is 123 cm³/mol. The third-order valence-corrected chi connectivity index (χ3v) is 6.90. The van der Waals surface area contributed by atoms with Gasteiger partial charge < -0.3 is 19.9 Å². The van der Waals surface area contributed by atoms with Crippen molar-refractivity contribution in [2.75, 3.05) is 25.3 Å². The largest absolute Gasteiger partial charge is 0.481 e. The van der Waals surface area contributed by atoms with Gasteiger partial charge in [0.15, 0.2) is 10.7 Å². The van der Waals surface area contributed by atoms with Gasteiger partial charge in [-0.05, 0) is 31.0 Å². The van der Waals surface area contributed by atoms with E-state index in [2.05, 4.69) is 20.3 Å². The maximum atomic E-state index is 13.3. The number of methoxy groups -OCH3 is 2. The van der Waals surface area contributed by atoms with E-state index in [9.17, 15) is 18.0 Å². The zero-order valence-corrected chi connectivity index (χ0v) is 20.1. The highest BCUT2D eigenvalue weighted by atomic mass is 32.1. The summed E-state index contributed by atoms with van der Waals surface area (Å²) >= 11 is 1.18. The van der Waals surface area contributed by atoms with Gasteiger partial charge in [-0.2, -0.15) is 23.1 Å². The number of hydrogen-bond acceptors (Lipinski definition) is 9. The zero-order valence-electron chi connectivity index (χ0n) is 19.2. The summed E-state index contributed by atoms with van der Waals surface area (Å²) in [6.45, 7) is 3.76. The van der Waals surface area contributed by atoms with Crippen LogP contribution in [-0.2, 0) is 11.8 Å². The number of ether oxygens (including phenoxy) is 3. The van der Waals surface area contributed by atoms with Crippen LogP contribution in [0, 0.1) is 0 Å². The molecule has 1 aromatic carbocycles. The molecule has 186 valence electrons. The summed E-state index contributed by atoms with van der Waals surface area (Å²) in [5.74, 6) is -0.870. The number of amides is 1. The molecule has 0 fully saturated rings. The van der Waals surface area contributed by atoms with Gasteiger partial charge in [-0.15, -0.1) is 0 Å². The third kappa shape index (κ3) is 4.20. The lowest BCUT2D eigenvalue weighted by Gasteiger charge is -2.36. The van der Waals surface area contributed by atoms with Crippen molar-refractivity contribution in [1.29, 1.82) is 0 Å². The number of rotatable bonds is 6. The lowest BCUT2D eigenvalue weighted by molar-refractivity contribution is -0.137. The van der Waals surface area contributed by atoms with Crippen LogP contribution in [0.15, 0.2) is 18.2 Å². The molecule has 13 heteroatoms. The maximum absolute atomic E-state index is 13.3. The molecule has 4 rings (SSSR count). The quantitative estimate of drug-likeness (QED) is 0.482. The predicted octanol–water partition coefficient (Wildman–Crippen LogP) is 4.88. The molecule has 0 bridgehead atoms. The first-order valence-electron chi connectivity index (χ1n) is 10.6. The van der Waals surface area contributed by atoms with Crippen LogP contribution in [0.1, 0.15) is 47.5 Å². The number of nitrogen functional groups attached to an aromatic ring is 1. The van der Waals surface area contributed by atoms with Crippen molar-refractivity contribution in [3.8, 4) is 28.8 Å². The number of alkyl halides is 3. The highest BCUT2D eigenvalue weighted by Crippen LogP contribution is 2.52. The molecule has 0 unspecified atom stereocenters. The number of benzene rings is 1. The Labute approximate surface area is 202 Å². The molecule has 35 heavy (non-hydrogen) atoms. The van der Waals surface area contributed by atoms with E-state index in [4.69, 9.17) is 19.9 Å². The molecule has 0 radical (unpaired) electrons. The highest BCUT2D eigenvalue weighted by molar-refractivity contribution is 7.16. The van der Waals surface area contributed by atoms with E-state index >= 15 is 0 Å². The summed E-state index contributed by atoms with van der Waals surface area (Å²) in [6, 6.07) is 3.30. The summed E-state index contributed by atoms with van der Waals surface area (Å²) in [7, 11) is 2.64. The molecule has 2 aromatic heterocycles. The fourth-order valence-electron chi connectivity index (χ4n) is 3.90. The number of thiazole rings is 1. The van der Waals surface area contributed by atoms with Gasteiger partial charge >= 0.3 is 6.18 Å². The molecule has 3 aromatic rings. The minimum atomic E-state index is -4.51. The van der Waals surface area contributed by atoms with E-state index in [-0.39, 0.29) is 34.2 Å². The van der Waals surface area contributed by atoms with Crippen LogP contribution in [0.4, 0.5) is 24.3 Å². The van der Waals surface area contributed by atoms with Crippen molar-refractivity contribution in [2.45, 2.75) is 38.5 Å². The Bertz CT molecular complexity index is 1270. The van der Waals surface area contributed by atoms with Crippen LogP contribution in [-0.4, -0.2) is 35.1 Å². The summed E-state index contributed by atoms with van der Waals surface area (Å²) < 4.78 is 56.4. The summed E-state index contributed by atoms with van der Waals surface area (Å²) in [4.78, 5) is 26.2. The van der Waals surface area contributed by atoms with E-state index in [1.807, 2.05) is 13.8 Å². The topological polar surface area (TPSA) is 121 Å². The molecule has 1 aliphatic rings. The van der Waals surface area contributed by atoms with Gasteiger partial charge in [0, 0.05) is 5.56 Å². The number of anilines is 2. The molecule has 3 heterocycles. The van der Waals surface area contributed by atoms with Gasteiger partial charge in [-0.25, -0.2) is 4.98 Å². The van der Waals surface area contributed by atoms with Crippen LogP contribution in [0.5, 0.6) is 17.5 Å². The van der Waals surface area contributed by atoms with Crippen molar-refractivity contribution < 1.29 is 32.2 Å². The molecular weight excluding hydrogens is 487 g/mol. The number of carbonyl (C=O) groups is 1. The number of nitrogens with two attached hydrogens (primary N) is 1. The van der Waals surface area contributed by atoms with Gasteiger partial charge in [0.2, 0.25) is 17.7 Å².